The third-order valence-electron chi connectivity index (χ3n) is 1.73. The molecule has 1 aromatic rings. The molecule has 0 heterocycles. The molecule has 0 radical (unpaired) electrons. The Balaban J connectivity index is 2.57. The molecule has 0 bridgehead atoms. The Morgan fingerprint density at radius 1 is 1.50 bits per heavy atom. The van der Waals surface area contributed by atoms with Crippen molar-refractivity contribution in [3.05, 3.63) is 29.8 Å². The van der Waals surface area contributed by atoms with Crippen molar-refractivity contribution in [1.29, 1.82) is 0 Å². The van der Waals surface area contributed by atoms with Gasteiger partial charge >= 0.3 is 0 Å². The van der Waals surface area contributed by atoms with Crippen molar-refractivity contribution in [3.8, 4) is 0 Å². The van der Waals surface area contributed by atoms with Gasteiger partial charge in [-0.1, -0.05) is 0 Å². The molecule has 0 spiro atoms. The smallest absolute Gasteiger partial charge is 0.251 e. The highest BCUT2D eigenvalue weighted by Crippen LogP contribution is 2.04. The van der Waals surface area contributed by atoms with Gasteiger partial charge < -0.3 is 16.2 Å². The second-order valence-electron chi connectivity index (χ2n) is 3.18. The Bertz CT molecular complexity index is 306. The van der Waals surface area contributed by atoms with E-state index < -0.39 is 6.10 Å². The largest absolute Gasteiger partial charge is 0.399 e. The molecule has 0 aliphatic carbocycles. The zero-order valence-electron chi connectivity index (χ0n) is 8.03. The van der Waals surface area contributed by atoms with Crippen molar-refractivity contribution in [2.24, 2.45) is 0 Å². The van der Waals surface area contributed by atoms with E-state index in [1.807, 2.05) is 0 Å². The fourth-order valence-electron chi connectivity index (χ4n) is 0.977. The first-order valence-corrected chi connectivity index (χ1v) is 4.41. The van der Waals surface area contributed by atoms with E-state index in [4.69, 9.17) is 10.8 Å². The minimum Gasteiger partial charge on any atom is -0.399 e. The summed E-state index contributed by atoms with van der Waals surface area (Å²) in [7, 11) is 0. The fraction of sp³-hybridized carbons (Fsp3) is 0.300. The summed E-state index contributed by atoms with van der Waals surface area (Å²) in [5.74, 6) is -0.203. The summed E-state index contributed by atoms with van der Waals surface area (Å²) in [6, 6.07) is 6.62. The highest BCUT2D eigenvalue weighted by atomic mass is 16.3. The van der Waals surface area contributed by atoms with Crippen LogP contribution < -0.4 is 11.1 Å². The zero-order chi connectivity index (χ0) is 10.6. The Morgan fingerprint density at radius 3 is 2.57 bits per heavy atom. The Morgan fingerprint density at radius 2 is 2.07 bits per heavy atom. The number of benzene rings is 1. The number of amides is 1. The number of hydrogen-bond acceptors (Lipinski definition) is 3. The summed E-state index contributed by atoms with van der Waals surface area (Å²) in [5, 5.41) is 11.5. The van der Waals surface area contributed by atoms with Gasteiger partial charge in [0, 0.05) is 17.8 Å². The van der Waals surface area contributed by atoms with Crippen molar-refractivity contribution in [3.63, 3.8) is 0 Å². The molecule has 14 heavy (non-hydrogen) atoms. The highest BCUT2D eigenvalue weighted by Gasteiger charge is 2.05. The topological polar surface area (TPSA) is 75.3 Å². The number of aliphatic hydroxyl groups is 1. The number of nitrogens with two attached hydrogens (primary N) is 1. The van der Waals surface area contributed by atoms with E-state index in [9.17, 15) is 4.79 Å². The van der Waals surface area contributed by atoms with Crippen LogP contribution in [0.1, 0.15) is 17.3 Å². The van der Waals surface area contributed by atoms with E-state index in [-0.39, 0.29) is 12.5 Å². The number of nitrogens with one attached hydrogen (secondary N) is 1. The van der Waals surface area contributed by atoms with Crippen LogP contribution in [0.5, 0.6) is 0 Å². The first-order chi connectivity index (χ1) is 6.59. The van der Waals surface area contributed by atoms with Gasteiger partial charge in [0.05, 0.1) is 6.10 Å². The predicted octanol–water partition coefficient (Wildman–Crippen LogP) is 0.379. The van der Waals surface area contributed by atoms with E-state index in [1.165, 1.54) is 0 Å². The standard InChI is InChI=1S/C10H14N2O2/c1-7(13)6-12-10(14)8-2-4-9(11)5-3-8/h2-5,7,13H,6,11H2,1H3,(H,12,14)/t7-/m0/s1. The molecule has 1 atom stereocenters. The Kier molecular flexibility index (Phi) is 3.48. The maximum Gasteiger partial charge on any atom is 0.251 e. The number of carbonyl (C=O) groups is 1. The summed E-state index contributed by atoms with van der Waals surface area (Å²) in [6.07, 6.45) is -0.535. The second kappa shape index (κ2) is 4.62. The van der Waals surface area contributed by atoms with Crippen LogP contribution in [0.15, 0.2) is 24.3 Å². The molecule has 0 saturated carbocycles. The maximum atomic E-state index is 11.4. The van der Waals surface area contributed by atoms with Crippen LogP contribution in [0.2, 0.25) is 0 Å². The zero-order valence-corrected chi connectivity index (χ0v) is 8.03. The van der Waals surface area contributed by atoms with Crippen LogP contribution in [0.4, 0.5) is 5.69 Å². The van der Waals surface area contributed by atoms with Crippen LogP contribution >= 0.6 is 0 Å². The normalized spacial score (nSPS) is 12.1. The van der Waals surface area contributed by atoms with E-state index in [1.54, 1.807) is 31.2 Å². The quantitative estimate of drug-likeness (QED) is 0.609. The average Bonchev–Trinajstić information content (AvgIpc) is 2.15. The lowest BCUT2D eigenvalue weighted by Crippen LogP contribution is -2.30. The summed E-state index contributed by atoms with van der Waals surface area (Å²) in [5.41, 5.74) is 6.64. The minimum atomic E-state index is -0.535. The molecule has 1 rings (SSSR count). The molecule has 0 aromatic heterocycles. The SMILES string of the molecule is C[C@H](O)CNC(=O)c1ccc(N)cc1. The molecule has 4 heteroatoms. The molecule has 4 nitrogen and oxygen atoms in total. The van der Waals surface area contributed by atoms with Gasteiger partial charge in [-0.3, -0.25) is 4.79 Å². The summed E-state index contributed by atoms with van der Waals surface area (Å²) >= 11 is 0. The third kappa shape index (κ3) is 3.06. The van der Waals surface area contributed by atoms with Gasteiger partial charge in [0.15, 0.2) is 0 Å². The van der Waals surface area contributed by atoms with Gasteiger partial charge in [-0.15, -0.1) is 0 Å². The van der Waals surface area contributed by atoms with Crippen molar-refractivity contribution in [1.82, 2.24) is 5.32 Å². The summed E-state index contributed by atoms with van der Waals surface area (Å²) < 4.78 is 0. The van der Waals surface area contributed by atoms with Gasteiger partial charge in [-0.2, -0.15) is 0 Å². The van der Waals surface area contributed by atoms with E-state index in [0.29, 0.717) is 11.3 Å². The Labute approximate surface area is 82.7 Å². The lowest BCUT2D eigenvalue weighted by molar-refractivity contribution is 0.0924. The average molecular weight is 194 g/mol. The maximum absolute atomic E-state index is 11.4. The number of carbonyl (C=O) groups excluding carboxylic acids is 1. The van der Waals surface area contributed by atoms with Crippen LogP contribution in [-0.2, 0) is 0 Å². The van der Waals surface area contributed by atoms with E-state index in [0.717, 1.165) is 0 Å². The van der Waals surface area contributed by atoms with Crippen molar-refractivity contribution >= 4 is 11.6 Å². The number of hydrogen-bond donors (Lipinski definition) is 3. The predicted molar refractivity (Wildman–Crippen MR) is 54.9 cm³/mol. The molecule has 1 aromatic carbocycles. The van der Waals surface area contributed by atoms with Crippen LogP contribution in [0.25, 0.3) is 0 Å². The molecular weight excluding hydrogens is 180 g/mol. The van der Waals surface area contributed by atoms with Crippen LogP contribution in [0.3, 0.4) is 0 Å². The summed E-state index contributed by atoms with van der Waals surface area (Å²) in [6.45, 7) is 1.87. The lowest BCUT2D eigenvalue weighted by atomic mass is 10.2. The van der Waals surface area contributed by atoms with E-state index in [2.05, 4.69) is 5.32 Å². The van der Waals surface area contributed by atoms with Crippen molar-refractivity contribution in [2.45, 2.75) is 13.0 Å². The molecular formula is C10H14N2O2. The fourth-order valence-corrected chi connectivity index (χ4v) is 0.977. The monoisotopic (exact) mass is 194 g/mol. The Hall–Kier alpha value is -1.55. The molecule has 0 unspecified atom stereocenters. The van der Waals surface area contributed by atoms with E-state index >= 15 is 0 Å². The summed E-state index contributed by atoms with van der Waals surface area (Å²) in [4.78, 5) is 11.4. The minimum absolute atomic E-state index is 0.203. The number of anilines is 1. The second-order valence-corrected chi connectivity index (χ2v) is 3.18. The van der Waals surface area contributed by atoms with Crippen molar-refractivity contribution in [2.75, 3.05) is 12.3 Å². The molecule has 0 aliphatic heterocycles. The molecule has 76 valence electrons. The first-order valence-electron chi connectivity index (χ1n) is 4.41. The highest BCUT2D eigenvalue weighted by molar-refractivity contribution is 5.94. The molecule has 1 amide bonds. The van der Waals surface area contributed by atoms with Crippen LogP contribution in [0, 0.1) is 0 Å². The number of aliphatic hydroxyl groups excluding tert-OH is 1. The van der Waals surface area contributed by atoms with Crippen LogP contribution in [-0.4, -0.2) is 23.7 Å². The van der Waals surface area contributed by atoms with Gasteiger partial charge in [0.2, 0.25) is 0 Å². The van der Waals surface area contributed by atoms with Gasteiger partial charge in [-0.25, -0.2) is 0 Å². The molecule has 0 aliphatic rings. The van der Waals surface area contributed by atoms with Gasteiger partial charge in [0.1, 0.15) is 0 Å². The first kappa shape index (κ1) is 10.5. The number of rotatable bonds is 3. The molecule has 0 saturated heterocycles. The number of nitrogen functional groups attached to an aromatic ring is 1. The third-order valence-corrected chi connectivity index (χ3v) is 1.73. The molecule has 0 fully saturated rings. The molecule has 4 N–H and O–H groups in total. The van der Waals surface area contributed by atoms with Crippen molar-refractivity contribution < 1.29 is 9.90 Å². The van der Waals surface area contributed by atoms with Gasteiger partial charge in [-0.05, 0) is 31.2 Å². The lowest BCUT2D eigenvalue weighted by Gasteiger charge is -2.06. The van der Waals surface area contributed by atoms with Gasteiger partial charge in [0.25, 0.3) is 5.91 Å².